The van der Waals surface area contributed by atoms with E-state index in [1.165, 1.54) is 6.92 Å². The second-order valence-electron chi connectivity index (χ2n) is 4.11. The van der Waals surface area contributed by atoms with Crippen LogP contribution in [0.25, 0.3) is 10.9 Å². The number of nitrogens with one attached hydrogen (secondary N) is 1. The highest BCUT2D eigenvalue weighted by atomic mass is 79.9. The molecule has 0 aliphatic carbocycles. The van der Waals surface area contributed by atoms with Gasteiger partial charge in [-0.25, -0.2) is 4.98 Å². The van der Waals surface area contributed by atoms with Gasteiger partial charge in [0.25, 0.3) is 0 Å². The van der Waals surface area contributed by atoms with Gasteiger partial charge in [-0.2, -0.15) is 4.98 Å². The summed E-state index contributed by atoms with van der Waals surface area (Å²) in [6.07, 6.45) is 0. The van der Waals surface area contributed by atoms with Crippen LogP contribution in [-0.4, -0.2) is 30.0 Å². The van der Waals surface area contributed by atoms with Gasteiger partial charge in [-0.3, -0.25) is 10.1 Å². The predicted octanol–water partition coefficient (Wildman–Crippen LogP) is 2.42. The van der Waals surface area contributed by atoms with Crippen LogP contribution in [0.2, 0.25) is 0 Å². The van der Waals surface area contributed by atoms with E-state index >= 15 is 0 Å². The first-order valence-electron chi connectivity index (χ1n) is 5.39. The summed E-state index contributed by atoms with van der Waals surface area (Å²) in [7, 11) is 3.81. The van der Waals surface area contributed by atoms with Crippen LogP contribution in [0.4, 0.5) is 11.8 Å². The van der Waals surface area contributed by atoms with Crippen molar-refractivity contribution in [1.29, 1.82) is 0 Å². The van der Waals surface area contributed by atoms with Crippen LogP contribution in [-0.2, 0) is 4.79 Å². The molecule has 1 heterocycles. The smallest absolute Gasteiger partial charge is 0.231 e. The van der Waals surface area contributed by atoms with Crippen LogP contribution in [0, 0.1) is 0 Å². The molecule has 0 unspecified atom stereocenters. The topological polar surface area (TPSA) is 58.1 Å². The number of hydrogen-bond donors (Lipinski definition) is 1. The Morgan fingerprint density at radius 3 is 2.67 bits per heavy atom. The molecule has 0 bridgehead atoms. The molecule has 18 heavy (non-hydrogen) atoms. The molecule has 94 valence electrons. The molecule has 6 heteroatoms. The Kier molecular flexibility index (Phi) is 3.47. The molecule has 0 saturated heterocycles. The van der Waals surface area contributed by atoms with Gasteiger partial charge in [0.05, 0.1) is 5.52 Å². The highest BCUT2D eigenvalue weighted by Crippen LogP contribution is 2.26. The van der Waals surface area contributed by atoms with E-state index in [1.54, 1.807) is 0 Å². The molecule has 2 rings (SSSR count). The minimum atomic E-state index is -0.184. The molecule has 0 aliphatic heterocycles. The molecule has 0 saturated carbocycles. The van der Waals surface area contributed by atoms with Crippen molar-refractivity contribution in [3.63, 3.8) is 0 Å². The molecular formula is C12H13BrN4O. The number of rotatable bonds is 2. The number of benzene rings is 1. The maximum atomic E-state index is 11.1. The lowest BCUT2D eigenvalue weighted by atomic mass is 10.2. The van der Waals surface area contributed by atoms with Crippen molar-refractivity contribution < 1.29 is 4.79 Å². The van der Waals surface area contributed by atoms with Gasteiger partial charge in [-0.05, 0) is 18.2 Å². The SMILES string of the molecule is CC(=O)Nc1nc(N(C)C)c2cc(Br)ccc2n1. The standard InChI is InChI=1S/C12H13BrN4O/c1-7(18)14-12-15-10-5-4-8(13)6-9(10)11(16-12)17(2)3/h4-6H,1-3H3,(H,14,15,16,18). The molecule has 1 aromatic carbocycles. The van der Waals surface area contributed by atoms with Crippen LogP contribution in [0.1, 0.15) is 6.92 Å². The molecule has 0 atom stereocenters. The lowest BCUT2D eigenvalue weighted by Crippen LogP contribution is -2.15. The zero-order chi connectivity index (χ0) is 13.3. The first-order valence-corrected chi connectivity index (χ1v) is 6.19. The van der Waals surface area contributed by atoms with Crippen molar-refractivity contribution in [3.8, 4) is 0 Å². The number of hydrogen-bond acceptors (Lipinski definition) is 4. The summed E-state index contributed by atoms with van der Waals surface area (Å²) in [6.45, 7) is 1.43. The van der Waals surface area contributed by atoms with Crippen molar-refractivity contribution in [3.05, 3.63) is 22.7 Å². The Morgan fingerprint density at radius 1 is 1.33 bits per heavy atom. The van der Waals surface area contributed by atoms with Gasteiger partial charge in [0.1, 0.15) is 5.82 Å². The molecule has 0 radical (unpaired) electrons. The third-order valence-corrected chi connectivity index (χ3v) is 2.84. The fraction of sp³-hybridized carbons (Fsp3) is 0.250. The van der Waals surface area contributed by atoms with E-state index in [4.69, 9.17) is 0 Å². The number of aromatic nitrogens is 2. The van der Waals surface area contributed by atoms with E-state index in [9.17, 15) is 4.79 Å². The summed E-state index contributed by atoms with van der Waals surface area (Å²) in [5.74, 6) is 0.905. The minimum Gasteiger partial charge on any atom is -0.362 e. The van der Waals surface area contributed by atoms with Crippen LogP contribution < -0.4 is 10.2 Å². The van der Waals surface area contributed by atoms with Crippen LogP contribution in [0.15, 0.2) is 22.7 Å². The molecule has 0 fully saturated rings. The monoisotopic (exact) mass is 308 g/mol. The van der Waals surface area contributed by atoms with Gasteiger partial charge < -0.3 is 4.90 Å². The number of amides is 1. The van der Waals surface area contributed by atoms with Crippen molar-refractivity contribution >= 4 is 44.5 Å². The number of carbonyl (C=O) groups is 1. The van der Waals surface area contributed by atoms with Gasteiger partial charge in [0, 0.05) is 30.9 Å². The summed E-state index contributed by atoms with van der Waals surface area (Å²) in [4.78, 5) is 21.6. The highest BCUT2D eigenvalue weighted by Gasteiger charge is 2.10. The van der Waals surface area contributed by atoms with E-state index in [0.29, 0.717) is 5.95 Å². The molecule has 1 N–H and O–H groups in total. The fourth-order valence-corrected chi connectivity index (χ4v) is 2.00. The Morgan fingerprint density at radius 2 is 2.06 bits per heavy atom. The molecule has 0 aliphatic rings. The maximum absolute atomic E-state index is 11.1. The van der Waals surface area contributed by atoms with Crippen molar-refractivity contribution in [2.24, 2.45) is 0 Å². The number of halogens is 1. The zero-order valence-electron chi connectivity index (χ0n) is 10.4. The number of fused-ring (bicyclic) bond motifs is 1. The lowest BCUT2D eigenvalue weighted by molar-refractivity contribution is -0.114. The fourth-order valence-electron chi connectivity index (χ4n) is 1.64. The molecule has 5 nitrogen and oxygen atoms in total. The van der Waals surface area contributed by atoms with Gasteiger partial charge in [-0.1, -0.05) is 15.9 Å². The van der Waals surface area contributed by atoms with E-state index in [-0.39, 0.29) is 5.91 Å². The highest BCUT2D eigenvalue weighted by molar-refractivity contribution is 9.10. The van der Waals surface area contributed by atoms with E-state index in [1.807, 2.05) is 37.2 Å². The normalized spacial score (nSPS) is 10.4. The van der Waals surface area contributed by atoms with E-state index in [2.05, 4.69) is 31.2 Å². The Hall–Kier alpha value is -1.69. The van der Waals surface area contributed by atoms with Gasteiger partial charge in [-0.15, -0.1) is 0 Å². The van der Waals surface area contributed by atoms with E-state index in [0.717, 1.165) is 21.2 Å². The molecule has 1 amide bonds. The lowest BCUT2D eigenvalue weighted by Gasteiger charge is -2.15. The van der Waals surface area contributed by atoms with Gasteiger partial charge in [0.15, 0.2) is 0 Å². The number of nitrogens with zero attached hydrogens (tertiary/aromatic N) is 3. The van der Waals surface area contributed by atoms with Crippen molar-refractivity contribution in [2.75, 3.05) is 24.3 Å². The average Bonchev–Trinajstić information content (AvgIpc) is 2.27. The Bertz CT molecular complexity index is 612. The van der Waals surface area contributed by atoms with E-state index < -0.39 is 0 Å². The second kappa shape index (κ2) is 4.89. The molecule has 2 aromatic rings. The average molecular weight is 309 g/mol. The predicted molar refractivity (Wildman–Crippen MR) is 75.9 cm³/mol. The van der Waals surface area contributed by atoms with Crippen LogP contribution in [0.3, 0.4) is 0 Å². The van der Waals surface area contributed by atoms with Gasteiger partial charge in [0.2, 0.25) is 11.9 Å². The molecular weight excluding hydrogens is 296 g/mol. The first kappa shape index (κ1) is 12.8. The number of anilines is 2. The summed E-state index contributed by atoms with van der Waals surface area (Å²) in [5, 5.41) is 3.54. The number of carbonyl (C=O) groups excluding carboxylic acids is 1. The summed E-state index contributed by atoms with van der Waals surface area (Å²) >= 11 is 3.43. The first-order chi connectivity index (χ1) is 8.47. The Balaban J connectivity index is 2.66. The van der Waals surface area contributed by atoms with Crippen molar-refractivity contribution in [2.45, 2.75) is 6.92 Å². The zero-order valence-corrected chi connectivity index (χ0v) is 11.9. The minimum absolute atomic E-state index is 0.184. The summed E-state index contributed by atoms with van der Waals surface area (Å²) < 4.78 is 0.967. The summed E-state index contributed by atoms with van der Waals surface area (Å²) in [6, 6.07) is 5.76. The third-order valence-electron chi connectivity index (χ3n) is 2.35. The van der Waals surface area contributed by atoms with Gasteiger partial charge >= 0.3 is 0 Å². The summed E-state index contributed by atoms with van der Waals surface area (Å²) in [5.41, 5.74) is 0.792. The van der Waals surface area contributed by atoms with Crippen LogP contribution in [0.5, 0.6) is 0 Å². The van der Waals surface area contributed by atoms with Crippen molar-refractivity contribution in [1.82, 2.24) is 9.97 Å². The maximum Gasteiger partial charge on any atom is 0.231 e. The largest absolute Gasteiger partial charge is 0.362 e. The molecule has 1 aromatic heterocycles. The molecule has 0 spiro atoms. The van der Waals surface area contributed by atoms with Crippen LogP contribution >= 0.6 is 15.9 Å². The second-order valence-corrected chi connectivity index (χ2v) is 5.02. The Labute approximate surface area is 113 Å². The third kappa shape index (κ3) is 2.59. The quantitative estimate of drug-likeness (QED) is 0.925.